The van der Waals surface area contributed by atoms with E-state index < -0.39 is 6.10 Å². The molecular formula is C76H130O6. The van der Waals surface area contributed by atoms with Gasteiger partial charge in [-0.15, -0.1) is 0 Å². The van der Waals surface area contributed by atoms with Gasteiger partial charge < -0.3 is 14.2 Å². The van der Waals surface area contributed by atoms with Crippen molar-refractivity contribution in [1.29, 1.82) is 0 Å². The highest BCUT2D eigenvalue weighted by Crippen LogP contribution is 2.17. The van der Waals surface area contributed by atoms with Gasteiger partial charge in [0.2, 0.25) is 0 Å². The first-order valence-electron chi connectivity index (χ1n) is 34.9. The lowest BCUT2D eigenvalue weighted by atomic mass is 10.0. The summed E-state index contributed by atoms with van der Waals surface area (Å²) >= 11 is 0. The number of rotatable bonds is 63. The molecule has 0 spiro atoms. The first kappa shape index (κ1) is 78.1. The summed E-state index contributed by atoms with van der Waals surface area (Å²) in [7, 11) is 0. The number of carbonyl (C=O) groups is 3. The van der Waals surface area contributed by atoms with E-state index in [1.165, 1.54) is 180 Å². The maximum absolute atomic E-state index is 12.9. The van der Waals surface area contributed by atoms with E-state index >= 15 is 0 Å². The molecule has 0 aromatic heterocycles. The zero-order chi connectivity index (χ0) is 59.2. The molecule has 0 aliphatic heterocycles. The smallest absolute Gasteiger partial charge is 0.306 e. The van der Waals surface area contributed by atoms with E-state index in [0.29, 0.717) is 19.3 Å². The Kier molecular flexibility index (Phi) is 66.2. The Balaban J connectivity index is 4.25. The van der Waals surface area contributed by atoms with Crippen LogP contribution in [0.15, 0.2) is 109 Å². The number of allylic oxidation sites excluding steroid dienone is 18. The Labute approximate surface area is 508 Å². The lowest BCUT2D eigenvalue weighted by Crippen LogP contribution is -2.30. The molecular weight excluding hydrogens is 1010 g/mol. The minimum atomic E-state index is -0.783. The zero-order valence-electron chi connectivity index (χ0n) is 54.0. The van der Waals surface area contributed by atoms with Crippen LogP contribution in [0, 0.1) is 0 Å². The van der Waals surface area contributed by atoms with E-state index in [2.05, 4.69) is 130 Å². The number of esters is 3. The molecule has 0 rings (SSSR count). The fourth-order valence-corrected chi connectivity index (χ4v) is 9.81. The molecule has 82 heavy (non-hydrogen) atoms. The lowest BCUT2D eigenvalue weighted by Gasteiger charge is -2.18. The van der Waals surface area contributed by atoms with Crippen LogP contribution in [0.25, 0.3) is 0 Å². The highest BCUT2D eigenvalue weighted by molar-refractivity contribution is 5.71. The van der Waals surface area contributed by atoms with Crippen molar-refractivity contribution < 1.29 is 28.6 Å². The molecule has 0 aromatic carbocycles. The van der Waals surface area contributed by atoms with Crippen molar-refractivity contribution in [3.63, 3.8) is 0 Å². The quantitative estimate of drug-likeness (QED) is 0.0261. The van der Waals surface area contributed by atoms with Crippen LogP contribution in [0.3, 0.4) is 0 Å². The van der Waals surface area contributed by atoms with Crippen LogP contribution in [0.4, 0.5) is 0 Å². The Morgan fingerprint density at radius 2 is 0.476 bits per heavy atom. The third-order valence-corrected chi connectivity index (χ3v) is 15.0. The predicted molar refractivity (Wildman–Crippen MR) is 357 cm³/mol. The highest BCUT2D eigenvalue weighted by atomic mass is 16.6. The van der Waals surface area contributed by atoms with Crippen molar-refractivity contribution in [1.82, 2.24) is 0 Å². The molecule has 0 aliphatic rings. The normalized spacial score (nSPS) is 12.8. The standard InChI is InChI=1S/C76H130O6/c1-4-7-10-13-16-19-22-24-26-28-30-32-34-36-37-38-39-41-42-44-46-48-50-52-54-57-60-63-66-69-75(78)81-72-73(71-80-74(77)68-65-62-59-56-21-18-15-12-9-6-3)82-76(79)70-67-64-61-58-55-53-51-49-47-45-43-40-35-33-31-29-27-25-23-20-17-14-11-8-5-2/h7,10,16,19,23-26,29-32,36-37,39,41,44,46,73H,4-6,8-9,11-15,17-18,20-22,27-28,33-35,38,40,42-43,45,47-72H2,1-3H3/b10-7-,19-16-,25-23-,26-24-,31-29-,32-30-,37-36-,41-39-,46-44-. The number of unbranched alkanes of at least 4 members (excludes halogenated alkanes) is 34. The monoisotopic (exact) mass is 1140 g/mol. The SMILES string of the molecule is CC/C=C\C/C=C\C/C=C\C/C=C\C/C=C\C/C=C\C/C=C\CCCCCCCCCC(=O)OCC(COC(=O)CCCCCCCCCCCC)OC(=O)CCCCCCCCCCCCCCC/C=C\C/C=C\CCCCCCC. The second-order valence-corrected chi connectivity index (χ2v) is 23.1. The Morgan fingerprint density at radius 3 is 0.744 bits per heavy atom. The van der Waals surface area contributed by atoms with Crippen LogP contribution in [0.2, 0.25) is 0 Å². The molecule has 6 heteroatoms. The van der Waals surface area contributed by atoms with Gasteiger partial charge in [-0.2, -0.15) is 0 Å². The third-order valence-electron chi connectivity index (χ3n) is 15.0. The van der Waals surface area contributed by atoms with Gasteiger partial charge in [0.1, 0.15) is 13.2 Å². The minimum Gasteiger partial charge on any atom is -0.462 e. The molecule has 0 heterocycles. The van der Waals surface area contributed by atoms with Crippen LogP contribution in [-0.4, -0.2) is 37.2 Å². The molecule has 0 N–H and O–H groups in total. The van der Waals surface area contributed by atoms with Gasteiger partial charge in [0.25, 0.3) is 0 Å². The van der Waals surface area contributed by atoms with Gasteiger partial charge in [0.15, 0.2) is 6.10 Å². The van der Waals surface area contributed by atoms with Crippen LogP contribution >= 0.6 is 0 Å². The summed E-state index contributed by atoms with van der Waals surface area (Å²) in [6.07, 6.45) is 95.4. The molecule has 1 atom stereocenters. The van der Waals surface area contributed by atoms with E-state index in [9.17, 15) is 14.4 Å². The topological polar surface area (TPSA) is 78.9 Å². The van der Waals surface area contributed by atoms with E-state index in [0.717, 1.165) is 116 Å². The second kappa shape index (κ2) is 69.6. The average molecular weight is 1140 g/mol. The van der Waals surface area contributed by atoms with Gasteiger partial charge in [0.05, 0.1) is 0 Å². The summed E-state index contributed by atoms with van der Waals surface area (Å²) in [5.74, 6) is -0.881. The Bertz CT molecular complexity index is 1640. The van der Waals surface area contributed by atoms with E-state index in [1.807, 2.05) is 0 Å². The fourth-order valence-electron chi connectivity index (χ4n) is 9.81. The fraction of sp³-hybridized carbons (Fsp3) is 0.724. The van der Waals surface area contributed by atoms with Gasteiger partial charge in [-0.25, -0.2) is 0 Å². The summed E-state index contributed by atoms with van der Waals surface area (Å²) in [4.78, 5) is 38.3. The summed E-state index contributed by atoms with van der Waals surface area (Å²) in [6.45, 7) is 6.52. The molecule has 0 saturated heterocycles. The van der Waals surface area contributed by atoms with Gasteiger partial charge in [0, 0.05) is 19.3 Å². The van der Waals surface area contributed by atoms with Crippen LogP contribution < -0.4 is 0 Å². The van der Waals surface area contributed by atoms with Crippen molar-refractivity contribution in [2.75, 3.05) is 13.2 Å². The van der Waals surface area contributed by atoms with Crippen molar-refractivity contribution in [3.8, 4) is 0 Å². The minimum absolute atomic E-state index is 0.0792. The van der Waals surface area contributed by atoms with Crippen molar-refractivity contribution >= 4 is 17.9 Å². The molecule has 0 aliphatic carbocycles. The molecule has 0 bridgehead atoms. The molecule has 0 saturated carbocycles. The lowest BCUT2D eigenvalue weighted by molar-refractivity contribution is -0.167. The van der Waals surface area contributed by atoms with Gasteiger partial charge in [-0.1, -0.05) is 316 Å². The van der Waals surface area contributed by atoms with Crippen LogP contribution in [0.1, 0.15) is 335 Å². The average Bonchev–Trinajstić information content (AvgIpc) is 3.48. The molecule has 0 radical (unpaired) electrons. The van der Waals surface area contributed by atoms with E-state index in [4.69, 9.17) is 14.2 Å². The first-order chi connectivity index (χ1) is 40.5. The largest absolute Gasteiger partial charge is 0.462 e. The molecule has 0 aromatic rings. The van der Waals surface area contributed by atoms with Crippen molar-refractivity contribution in [2.45, 2.75) is 341 Å². The first-order valence-corrected chi connectivity index (χ1v) is 34.9. The highest BCUT2D eigenvalue weighted by Gasteiger charge is 2.19. The van der Waals surface area contributed by atoms with E-state index in [1.54, 1.807) is 0 Å². The summed E-state index contributed by atoms with van der Waals surface area (Å²) in [5.41, 5.74) is 0. The molecule has 470 valence electrons. The maximum Gasteiger partial charge on any atom is 0.306 e. The number of ether oxygens (including phenoxy) is 3. The number of hydrogen-bond donors (Lipinski definition) is 0. The summed E-state index contributed by atoms with van der Waals surface area (Å²) in [6, 6.07) is 0. The predicted octanol–water partition coefficient (Wildman–Crippen LogP) is 24.2. The number of hydrogen-bond acceptors (Lipinski definition) is 6. The van der Waals surface area contributed by atoms with Gasteiger partial charge >= 0.3 is 17.9 Å². The maximum atomic E-state index is 12.9. The van der Waals surface area contributed by atoms with Gasteiger partial charge in [-0.05, 0) is 109 Å². The number of carbonyl (C=O) groups excluding carboxylic acids is 3. The van der Waals surface area contributed by atoms with Crippen LogP contribution in [-0.2, 0) is 28.6 Å². The second-order valence-electron chi connectivity index (χ2n) is 23.1. The van der Waals surface area contributed by atoms with E-state index in [-0.39, 0.29) is 31.1 Å². The summed E-state index contributed by atoms with van der Waals surface area (Å²) in [5, 5.41) is 0. The van der Waals surface area contributed by atoms with Crippen molar-refractivity contribution in [2.24, 2.45) is 0 Å². The molecule has 1 unspecified atom stereocenters. The molecule has 6 nitrogen and oxygen atoms in total. The van der Waals surface area contributed by atoms with Crippen LogP contribution in [0.5, 0.6) is 0 Å². The van der Waals surface area contributed by atoms with Crippen molar-refractivity contribution in [3.05, 3.63) is 109 Å². The molecule has 0 fully saturated rings. The summed E-state index contributed by atoms with van der Waals surface area (Å²) < 4.78 is 16.9. The zero-order valence-corrected chi connectivity index (χ0v) is 54.0. The Morgan fingerprint density at radius 1 is 0.256 bits per heavy atom. The third kappa shape index (κ3) is 66.9. The Hall–Kier alpha value is -3.93. The van der Waals surface area contributed by atoms with Gasteiger partial charge in [-0.3, -0.25) is 14.4 Å². The molecule has 0 amide bonds.